The first-order valence-corrected chi connectivity index (χ1v) is 7.95. The fourth-order valence-corrected chi connectivity index (χ4v) is 2.52. The van der Waals surface area contributed by atoms with Gasteiger partial charge >= 0.3 is 0 Å². The van der Waals surface area contributed by atoms with Gasteiger partial charge in [0.25, 0.3) is 0 Å². The van der Waals surface area contributed by atoms with Crippen LogP contribution in [0, 0.1) is 5.21 Å². The van der Waals surface area contributed by atoms with Crippen molar-refractivity contribution in [2.24, 2.45) is 0 Å². The van der Waals surface area contributed by atoms with Gasteiger partial charge in [0.1, 0.15) is 49.5 Å². The highest BCUT2D eigenvalue weighted by Gasteiger charge is 2.45. The Morgan fingerprint density at radius 2 is 1.62 bits per heavy atom. The largest absolute Gasteiger partial charge is 0.772 e. The van der Waals surface area contributed by atoms with Crippen molar-refractivity contribution in [3.05, 3.63) is 5.21 Å². The van der Waals surface area contributed by atoms with E-state index in [1.54, 1.807) is 0 Å². The monoisotopic (exact) mass is 385 g/mol. The second kappa shape index (κ2) is 9.61. The van der Waals surface area contributed by atoms with Crippen molar-refractivity contribution in [2.45, 2.75) is 55.3 Å². The molecule has 0 aromatic rings. The molecule has 2 aliphatic rings. The number of rotatable bonds is 7. The number of ether oxygens (including phenoxy) is 4. The molecule has 0 saturated carbocycles. The molecule has 0 aliphatic carbocycles. The maximum atomic E-state index is 10.7. The van der Waals surface area contributed by atoms with E-state index < -0.39 is 55.3 Å². The Kier molecular flexibility index (Phi) is 8.05. The van der Waals surface area contributed by atoms with Crippen LogP contribution >= 0.6 is 0 Å². The van der Waals surface area contributed by atoms with Gasteiger partial charge in [0.05, 0.1) is 13.2 Å². The zero-order chi connectivity index (χ0) is 19.4. The Bertz CT molecular complexity index is 431. The third-order valence-electron chi connectivity index (χ3n) is 4.08. The molecule has 154 valence electrons. The van der Waals surface area contributed by atoms with E-state index in [1.165, 1.54) is 7.05 Å². The Balaban J connectivity index is 1.88. The molecule has 13 nitrogen and oxygen atoms in total. The van der Waals surface area contributed by atoms with E-state index in [-0.39, 0.29) is 19.9 Å². The molecule has 9 atom stereocenters. The first-order valence-electron chi connectivity index (χ1n) is 7.95. The predicted octanol–water partition coefficient (Wildman–Crippen LogP) is -4.84. The number of hydrazine groups is 1. The maximum absolute atomic E-state index is 10.7. The second-order valence-electron chi connectivity index (χ2n) is 6.06. The first-order chi connectivity index (χ1) is 12.2. The minimum atomic E-state index is -1.61. The van der Waals surface area contributed by atoms with E-state index in [2.05, 4.69) is 5.43 Å². The van der Waals surface area contributed by atoms with E-state index in [9.17, 15) is 35.8 Å². The molecule has 2 rings (SSSR count). The van der Waals surface area contributed by atoms with E-state index in [0.29, 0.717) is 5.17 Å². The SMILES string of the molecule is CN([O-])NCOC1OC(COC2OCC(O)C(O)C2O)C(O)C(O)C1O. The zero-order valence-corrected chi connectivity index (χ0v) is 14.0. The summed E-state index contributed by atoms with van der Waals surface area (Å²) in [5, 5.41) is 69.6. The zero-order valence-electron chi connectivity index (χ0n) is 14.0. The standard InChI is InChI=1S/C13H25N2O11/c1-15(22)14-4-25-13-11(21)9(19)8(18)6(26-13)3-24-12-10(20)7(17)5(16)2-23-12/h5-14,16-21H,2-4H2,1H3/q-1. The second-order valence-corrected chi connectivity index (χ2v) is 6.06. The average molecular weight is 385 g/mol. The van der Waals surface area contributed by atoms with E-state index in [4.69, 9.17) is 18.9 Å². The van der Waals surface area contributed by atoms with Crippen molar-refractivity contribution in [1.82, 2.24) is 10.6 Å². The van der Waals surface area contributed by atoms with Gasteiger partial charge < -0.3 is 60.0 Å². The molecule has 2 saturated heterocycles. The summed E-state index contributed by atoms with van der Waals surface area (Å²) >= 11 is 0. The molecule has 2 heterocycles. The van der Waals surface area contributed by atoms with Gasteiger partial charge in [-0.1, -0.05) is 0 Å². The lowest BCUT2D eigenvalue weighted by Gasteiger charge is -2.41. The third kappa shape index (κ3) is 5.26. The van der Waals surface area contributed by atoms with Gasteiger partial charge in [0.15, 0.2) is 12.6 Å². The van der Waals surface area contributed by atoms with Crippen molar-refractivity contribution in [1.29, 1.82) is 0 Å². The van der Waals surface area contributed by atoms with Crippen molar-refractivity contribution in [3.8, 4) is 0 Å². The highest BCUT2D eigenvalue weighted by Crippen LogP contribution is 2.24. The van der Waals surface area contributed by atoms with E-state index in [0.717, 1.165) is 0 Å². The first kappa shape index (κ1) is 21.8. The lowest BCUT2D eigenvalue weighted by Crippen LogP contribution is -2.60. The highest BCUT2D eigenvalue weighted by molar-refractivity contribution is 4.90. The number of aliphatic hydroxyl groups excluding tert-OH is 6. The van der Waals surface area contributed by atoms with Crippen LogP contribution in [0.1, 0.15) is 0 Å². The summed E-state index contributed by atoms with van der Waals surface area (Å²) in [6.45, 7) is -0.977. The van der Waals surface area contributed by atoms with Gasteiger partial charge in [-0.2, -0.15) is 0 Å². The summed E-state index contributed by atoms with van der Waals surface area (Å²) < 4.78 is 20.7. The van der Waals surface area contributed by atoms with Crippen molar-refractivity contribution < 1.29 is 49.6 Å². The molecule has 0 bridgehead atoms. The molecule has 26 heavy (non-hydrogen) atoms. The Morgan fingerprint density at radius 1 is 0.962 bits per heavy atom. The smallest absolute Gasteiger partial charge is 0.188 e. The summed E-state index contributed by atoms with van der Waals surface area (Å²) in [6, 6.07) is 0. The number of nitrogens with zero attached hydrogens (tertiary/aromatic N) is 1. The topological polar surface area (TPSA) is 197 Å². The molecule has 0 radical (unpaired) electrons. The Morgan fingerprint density at radius 3 is 2.27 bits per heavy atom. The maximum Gasteiger partial charge on any atom is 0.188 e. The molecule has 0 aromatic carbocycles. The Hall–Kier alpha value is -0.520. The van der Waals surface area contributed by atoms with Crippen LogP contribution in [-0.2, 0) is 18.9 Å². The van der Waals surface area contributed by atoms with Crippen LogP contribution in [0.5, 0.6) is 0 Å². The van der Waals surface area contributed by atoms with Gasteiger partial charge in [-0.25, -0.2) is 5.43 Å². The quantitative estimate of drug-likeness (QED) is 0.163. The van der Waals surface area contributed by atoms with Crippen molar-refractivity contribution in [3.63, 3.8) is 0 Å². The normalized spacial score (nSPS) is 44.4. The number of aliphatic hydroxyl groups is 6. The molecular weight excluding hydrogens is 360 g/mol. The van der Waals surface area contributed by atoms with Crippen LogP contribution in [0.3, 0.4) is 0 Å². The number of hydrogen-bond acceptors (Lipinski definition) is 13. The van der Waals surface area contributed by atoms with Gasteiger partial charge in [0.2, 0.25) is 0 Å². The van der Waals surface area contributed by atoms with Crippen LogP contribution in [0.25, 0.3) is 0 Å². The van der Waals surface area contributed by atoms with Crippen LogP contribution in [0.4, 0.5) is 0 Å². The number of hydrogen-bond donors (Lipinski definition) is 7. The fourth-order valence-electron chi connectivity index (χ4n) is 2.52. The lowest BCUT2D eigenvalue weighted by molar-refractivity contribution is -0.322. The minimum absolute atomic E-state index is 0.265. The number of hydroxylamine groups is 1. The van der Waals surface area contributed by atoms with Crippen molar-refractivity contribution in [2.75, 3.05) is 27.0 Å². The van der Waals surface area contributed by atoms with Gasteiger partial charge in [-0.3, -0.25) is 0 Å². The summed E-state index contributed by atoms with van der Waals surface area (Å²) in [5.74, 6) is 0. The minimum Gasteiger partial charge on any atom is -0.772 e. The molecule has 7 N–H and O–H groups in total. The van der Waals surface area contributed by atoms with Gasteiger partial charge in [-0.15, -0.1) is 0 Å². The van der Waals surface area contributed by atoms with Gasteiger partial charge in [0, 0.05) is 0 Å². The summed E-state index contributed by atoms with van der Waals surface area (Å²) in [6.07, 6.45) is -12.8. The molecule has 0 amide bonds. The predicted molar refractivity (Wildman–Crippen MR) is 80.6 cm³/mol. The molecule has 13 heteroatoms. The third-order valence-corrected chi connectivity index (χ3v) is 4.08. The highest BCUT2D eigenvalue weighted by atomic mass is 16.7. The summed E-state index contributed by atoms with van der Waals surface area (Å²) in [4.78, 5) is 0. The molecule has 2 fully saturated rings. The van der Waals surface area contributed by atoms with Gasteiger partial charge in [-0.05, 0) is 7.05 Å². The molecule has 9 unspecified atom stereocenters. The van der Waals surface area contributed by atoms with Crippen LogP contribution < -0.4 is 5.43 Å². The molecule has 2 aliphatic heterocycles. The summed E-state index contributed by atoms with van der Waals surface area (Å²) in [5.41, 5.74) is 2.24. The summed E-state index contributed by atoms with van der Waals surface area (Å²) in [7, 11) is 1.18. The molecule has 0 aromatic heterocycles. The Labute approximate surface area is 148 Å². The average Bonchev–Trinajstić information content (AvgIpc) is 2.60. The number of nitrogens with one attached hydrogen (secondary N) is 1. The van der Waals surface area contributed by atoms with Crippen LogP contribution in [-0.4, -0.2) is 118 Å². The van der Waals surface area contributed by atoms with Crippen LogP contribution in [0.15, 0.2) is 0 Å². The van der Waals surface area contributed by atoms with E-state index >= 15 is 0 Å². The molecular formula is C13H25N2O11-. The molecule has 0 spiro atoms. The van der Waals surface area contributed by atoms with Crippen molar-refractivity contribution >= 4 is 0 Å². The fraction of sp³-hybridized carbons (Fsp3) is 1.00. The lowest BCUT2D eigenvalue weighted by atomic mass is 9.99. The van der Waals surface area contributed by atoms with Crippen LogP contribution in [0.2, 0.25) is 0 Å². The van der Waals surface area contributed by atoms with E-state index in [1.807, 2.05) is 0 Å².